The Bertz CT molecular complexity index is 1090. The van der Waals surface area contributed by atoms with Crippen molar-refractivity contribution in [3.05, 3.63) is 77.7 Å². The highest BCUT2D eigenvalue weighted by atomic mass is 16.5. The number of likely N-dealkylation sites (tertiary alicyclic amines) is 1. The quantitative estimate of drug-likeness (QED) is 0.560. The van der Waals surface area contributed by atoms with Gasteiger partial charge < -0.3 is 9.63 Å². The van der Waals surface area contributed by atoms with E-state index in [0.717, 1.165) is 24.1 Å². The Kier molecular flexibility index (Phi) is 5.62. The Hall–Kier alpha value is -3.25. The summed E-state index contributed by atoms with van der Waals surface area (Å²) in [4.78, 5) is 17.6. The van der Waals surface area contributed by atoms with Crippen molar-refractivity contribution < 1.29 is 14.4 Å². The van der Waals surface area contributed by atoms with Crippen molar-refractivity contribution >= 4 is 12.0 Å². The minimum atomic E-state index is -0.707. The molecule has 0 radical (unpaired) electrons. The van der Waals surface area contributed by atoms with E-state index >= 15 is 0 Å². The summed E-state index contributed by atoms with van der Waals surface area (Å²) < 4.78 is 5.48. The van der Waals surface area contributed by atoms with Crippen LogP contribution in [0.15, 0.2) is 65.2 Å². The first-order valence-corrected chi connectivity index (χ1v) is 11.2. The monoisotopic (exact) mass is 429 g/mol. The zero-order valence-corrected chi connectivity index (χ0v) is 18.0. The van der Waals surface area contributed by atoms with E-state index in [2.05, 4.69) is 51.4 Å². The molecule has 0 unspecified atom stereocenters. The summed E-state index contributed by atoms with van der Waals surface area (Å²) in [5.74, 6) is 0.175. The minimum absolute atomic E-state index is 0.189. The molecule has 1 aliphatic carbocycles. The molecule has 2 aromatic carbocycles. The van der Waals surface area contributed by atoms with Gasteiger partial charge in [0.1, 0.15) is 0 Å². The minimum Gasteiger partial charge on any atom is -0.481 e. The Labute approximate surface area is 187 Å². The largest absolute Gasteiger partial charge is 0.481 e. The zero-order chi connectivity index (χ0) is 22.0. The van der Waals surface area contributed by atoms with Gasteiger partial charge in [-0.1, -0.05) is 72.3 Å². The van der Waals surface area contributed by atoms with Gasteiger partial charge in [-0.25, -0.2) is 0 Å². The molecule has 6 nitrogen and oxygen atoms in total. The number of hydrogen-bond acceptors (Lipinski definition) is 5. The van der Waals surface area contributed by atoms with Gasteiger partial charge in [0, 0.05) is 25.2 Å². The SMILES string of the molecule is O=C(O)C1CN(Cc2ccc(-c3noc(C=CC4(Cc5ccccc5)CCC4)n3)cc2)C1. The average molecular weight is 430 g/mol. The number of rotatable bonds is 8. The Morgan fingerprint density at radius 2 is 1.84 bits per heavy atom. The summed E-state index contributed by atoms with van der Waals surface area (Å²) >= 11 is 0. The summed E-state index contributed by atoms with van der Waals surface area (Å²) in [6.45, 7) is 1.99. The van der Waals surface area contributed by atoms with Gasteiger partial charge in [0.05, 0.1) is 5.92 Å². The summed E-state index contributed by atoms with van der Waals surface area (Å²) in [5.41, 5.74) is 3.61. The van der Waals surface area contributed by atoms with Gasteiger partial charge in [0.25, 0.3) is 5.89 Å². The summed E-state index contributed by atoms with van der Waals surface area (Å²) in [5, 5.41) is 13.1. The third kappa shape index (κ3) is 4.50. The fraction of sp³-hybridized carbons (Fsp3) is 0.346. The van der Waals surface area contributed by atoms with Crippen LogP contribution in [0.5, 0.6) is 0 Å². The van der Waals surface area contributed by atoms with Gasteiger partial charge in [-0.05, 0) is 41.9 Å². The average Bonchev–Trinajstić information content (AvgIpc) is 3.22. The molecule has 3 aromatic rings. The maximum Gasteiger partial charge on any atom is 0.309 e. The van der Waals surface area contributed by atoms with E-state index in [9.17, 15) is 4.79 Å². The van der Waals surface area contributed by atoms with Gasteiger partial charge in [0.2, 0.25) is 5.82 Å². The fourth-order valence-electron chi connectivity index (χ4n) is 4.58. The van der Waals surface area contributed by atoms with Gasteiger partial charge in [-0.3, -0.25) is 9.69 Å². The van der Waals surface area contributed by atoms with Crippen molar-refractivity contribution in [1.82, 2.24) is 15.0 Å². The second-order valence-electron chi connectivity index (χ2n) is 9.09. The second kappa shape index (κ2) is 8.71. The molecule has 1 saturated carbocycles. The maximum atomic E-state index is 10.9. The van der Waals surface area contributed by atoms with Crippen LogP contribution < -0.4 is 0 Å². The van der Waals surface area contributed by atoms with E-state index in [-0.39, 0.29) is 11.3 Å². The molecule has 32 heavy (non-hydrogen) atoms. The number of carbonyl (C=O) groups is 1. The molecular weight excluding hydrogens is 402 g/mol. The first-order chi connectivity index (χ1) is 15.6. The van der Waals surface area contributed by atoms with Crippen molar-refractivity contribution in [2.24, 2.45) is 11.3 Å². The molecule has 2 aliphatic rings. The van der Waals surface area contributed by atoms with Crippen LogP contribution in [0, 0.1) is 11.3 Å². The van der Waals surface area contributed by atoms with Crippen LogP contribution >= 0.6 is 0 Å². The summed E-state index contributed by atoms with van der Waals surface area (Å²) in [6.07, 6.45) is 8.89. The summed E-state index contributed by atoms with van der Waals surface area (Å²) in [7, 11) is 0. The molecule has 0 amide bonds. The molecule has 164 valence electrons. The first-order valence-electron chi connectivity index (χ1n) is 11.2. The van der Waals surface area contributed by atoms with E-state index in [1.165, 1.54) is 24.8 Å². The molecule has 1 aliphatic heterocycles. The van der Waals surface area contributed by atoms with Crippen molar-refractivity contribution in [2.45, 2.75) is 32.2 Å². The van der Waals surface area contributed by atoms with Crippen LogP contribution in [0.2, 0.25) is 0 Å². The molecule has 5 rings (SSSR count). The maximum absolute atomic E-state index is 10.9. The first kappa shape index (κ1) is 20.6. The Morgan fingerprint density at radius 1 is 1.09 bits per heavy atom. The number of carboxylic acid groups (broad SMARTS) is 1. The lowest BCUT2D eigenvalue weighted by Gasteiger charge is -2.39. The lowest BCUT2D eigenvalue weighted by Crippen LogP contribution is -2.49. The van der Waals surface area contributed by atoms with E-state index in [1.807, 2.05) is 30.3 Å². The highest BCUT2D eigenvalue weighted by Gasteiger charge is 2.34. The van der Waals surface area contributed by atoms with Crippen LogP contribution in [0.1, 0.15) is 36.3 Å². The van der Waals surface area contributed by atoms with Crippen LogP contribution in [0.25, 0.3) is 17.5 Å². The Balaban J connectivity index is 1.20. The normalized spacial score (nSPS) is 18.4. The van der Waals surface area contributed by atoms with Crippen LogP contribution in [0.4, 0.5) is 0 Å². The van der Waals surface area contributed by atoms with Crippen molar-refractivity contribution in [2.75, 3.05) is 13.1 Å². The Morgan fingerprint density at radius 3 is 2.50 bits per heavy atom. The van der Waals surface area contributed by atoms with Gasteiger partial charge in [-0.15, -0.1) is 0 Å². The topological polar surface area (TPSA) is 79.5 Å². The molecule has 2 fully saturated rings. The number of aromatic nitrogens is 2. The second-order valence-corrected chi connectivity index (χ2v) is 9.09. The van der Waals surface area contributed by atoms with Gasteiger partial charge >= 0.3 is 5.97 Å². The molecule has 6 heteroatoms. The highest BCUT2D eigenvalue weighted by molar-refractivity contribution is 5.71. The molecule has 0 atom stereocenters. The molecule has 1 aromatic heterocycles. The molecule has 0 spiro atoms. The number of carboxylic acids is 1. The van der Waals surface area contributed by atoms with Crippen molar-refractivity contribution in [1.29, 1.82) is 0 Å². The number of aliphatic carboxylic acids is 1. The number of nitrogens with zero attached hydrogens (tertiary/aromatic N) is 3. The lowest BCUT2D eigenvalue weighted by molar-refractivity contribution is -0.147. The number of hydrogen-bond donors (Lipinski definition) is 1. The van der Waals surface area contributed by atoms with Crippen LogP contribution in [0.3, 0.4) is 0 Å². The fourth-order valence-corrected chi connectivity index (χ4v) is 4.58. The van der Waals surface area contributed by atoms with E-state index < -0.39 is 5.97 Å². The molecule has 0 bridgehead atoms. The summed E-state index contributed by atoms with van der Waals surface area (Å²) in [6, 6.07) is 18.7. The van der Waals surface area contributed by atoms with Gasteiger partial charge in [-0.2, -0.15) is 4.98 Å². The number of allylic oxidation sites excluding steroid dienone is 1. The molecule has 1 saturated heterocycles. The lowest BCUT2D eigenvalue weighted by atomic mass is 9.65. The molecule has 1 N–H and O–H groups in total. The standard InChI is InChI=1S/C26H27N3O3/c30-25(31)22-17-29(18-22)16-20-7-9-21(10-8-20)24-27-23(32-28-24)11-14-26(12-4-13-26)15-19-5-2-1-3-6-19/h1-3,5-11,14,22H,4,12-13,15-18H2,(H,30,31). The third-order valence-corrected chi connectivity index (χ3v) is 6.69. The van der Waals surface area contributed by atoms with Gasteiger partial charge in [0.15, 0.2) is 0 Å². The highest BCUT2D eigenvalue weighted by Crippen LogP contribution is 2.45. The van der Waals surface area contributed by atoms with Crippen molar-refractivity contribution in [3.63, 3.8) is 0 Å². The molecular formula is C26H27N3O3. The van der Waals surface area contributed by atoms with E-state index in [4.69, 9.17) is 9.63 Å². The van der Waals surface area contributed by atoms with E-state index in [1.54, 1.807) is 0 Å². The number of benzene rings is 2. The zero-order valence-electron chi connectivity index (χ0n) is 18.0. The molecule has 2 heterocycles. The van der Waals surface area contributed by atoms with Crippen molar-refractivity contribution in [3.8, 4) is 11.4 Å². The van der Waals surface area contributed by atoms with Crippen LogP contribution in [-0.4, -0.2) is 39.2 Å². The predicted molar refractivity (Wildman–Crippen MR) is 122 cm³/mol. The smallest absolute Gasteiger partial charge is 0.309 e. The third-order valence-electron chi connectivity index (χ3n) is 6.69. The van der Waals surface area contributed by atoms with E-state index in [0.29, 0.717) is 24.8 Å². The predicted octanol–water partition coefficient (Wildman–Crippen LogP) is 4.68. The van der Waals surface area contributed by atoms with Crippen LogP contribution in [-0.2, 0) is 17.8 Å².